The maximum absolute atomic E-state index is 11.4. The van der Waals surface area contributed by atoms with Gasteiger partial charge in [-0.2, -0.15) is 0 Å². The summed E-state index contributed by atoms with van der Waals surface area (Å²) in [6, 6.07) is 6.25. The minimum atomic E-state index is -0.623. The van der Waals surface area contributed by atoms with Crippen LogP contribution in [-0.2, 0) is 4.79 Å². The van der Waals surface area contributed by atoms with Crippen LogP contribution in [0.15, 0.2) is 24.3 Å². The van der Waals surface area contributed by atoms with Crippen LogP contribution in [0.2, 0.25) is 0 Å². The van der Waals surface area contributed by atoms with Crippen LogP contribution in [0.3, 0.4) is 0 Å². The van der Waals surface area contributed by atoms with E-state index in [1.54, 1.807) is 29.2 Å². The lowest BCUT2D eigenvalue weighted by molar-refractivity contribution is -0.121. The summed E-state index contributed by atoms with van der Waals surface area (Å²) in [6.07, 6.45) is -0.345. The van der Waals surface area contributed by atoms with Gasteiger partial charge in [-0.25, -0.2) is 0 Å². The molecule has 1 amide bonds. The van der Waals surface area contributed by atoms with Crippen LogP contribution in [0.1, 0.15) is 23.7 Å². The van der Waals surface area contributed by atoms with Gasteiger partial charge in [0.05, 0.1) is 6.10 Å². The number of carbonyl (C=O) groups is 2. The van der Waals surface area contributed by atoms with Crippen molar-refractivity contribution in [3.05, 3.63) is 29.8 Å². The van der Waals surface area contributed by atoms with Gasteiger partial charge in [0.2, 0.25) is 5.91 Å². The summed E-state index contributed by atoms with van der Waals surface area (Å²) < 4.78 is 0. The van der Waals surface area contributed by atoms with Crippen LogP contribution >= 0.6 is 12.2 Å². The fraction of sp³-hybridized carbons (Fsp3) is 0.357. The number of benzene rings is 1. The van der Waals surface area contributed by atoms with Gasteiger partial charge in [0.15, 0.2) is 10.9 Å². The Kier molecular flexibility index (Phi) is 4.54. The number of nitrogens with zero attached hydrogens (tertiary/aromatic N) is 1. The SMILES string of the molecule is CC(=O)c1ccc(NC(=S)N2C[C@H](O)C[C@@H]2C(N)=O)cc1. The molecule has 7 heteroatoms. The second kappa shape index (κ2) is 6.19. The first-order valence-corrected chi connectivity index (χ1v) is 6.95. The number of aliphatic hydroxyl groups excluding tert-OH is 1. The van der Waals surface area contributed by atoms with Crippen molar-refractivity contribution in [2.24, 2.45) is 5.73 Å². The van der Waals surface area contributed by atoms with Gasteiger partial charge >= 0.3 is 0 Å². The second-order valence-corrected chi connectivity index (χ2v) is 5.41. The Morgan fingerprint density at radius 2 is 2.00 bits per heavy atom. The number of ketones is 1. The van der Waals surface area contributed by atoms with Crippen LogP contribution < -0.4 is 11.1 Å². The zero-order chi connectivity index (χ0) is 15.6. The number of thiocarbonyl (C=S) groups is 1. The average Bonchev–Trinajstić information content (AvgIpc) is 2.82. The molecular weight excluding hydrogens is 290 g/mol. The van der Waals surface area contributed by atoms with Crippen LogP contribution in [0.4, 0.5) is 5.69 Å². The van der Waals surface area contributed by atoms with E-state index in [9.17, 15) is 14.7 Å². The number of aliphatic hydroxyl groups is 1. The predicted octanol–water partition coefficient (Wildman–Crippen LogP) is 0.506. The van der Waals surface area contributed by atoms with E-state index in [1.807, 2.05) is 0 Å². The average molecular weight is 307 g/mol. The maximum Gasteiger partial charge on any atom is 0.240 e. The van der Waals surface area contributed by atoms with Crippen molar-refractivity contribution in [3.63, 3.8) is 0 Å². The molecular formula is C14H17N3O3S. The number of hydrogen-bond acceptors (Lipinski definition) is 4. The van der Waals surface area contributed by atoms with E-state index in [0.717, 1.165) is 0 Å². The van der Waals surface area contributed by atoms with Crippen LogP contribution in [0.25, 0.3) is 0 Å². The van der Waals surface area contributed by atoms with Gasteiger partial charge in [-0.1, -0.05) is 0 Å². The van der Waals surface area contributed by atoms with Crippen molar-refractivity contribution < 1.29 is 14.7 Å². The Morgan fingerprint density at radius 1 is 1.38 bits per heavy atom. The fourth-order valence-electron chi connectivity index (χ4n) is 2.29. The molecule has 1 saturated heterocycles. The van der Waals surface area contributed by atoms with Crippen molar-refractivity contribution in [2.45, 2.75) is 25.5 Å². The van der Waals surface area contributed by atoms with Crippen LogP contribution in [0.5, 0.6) is 0 Å². The summed E-state index contributed by atoms with van der Waals surface area (Å²) in [5.74, 6) is -0.525. The highest BCUT2D eigenvalue weighted by atomic mass is 32.1. The largest absolute Gasteiger partial charge is 0.391 e. The number of amides is 1. The van der Waals surface area contributed by atoms with Gasteiger partial charge in [0.1, 0.15) is 6.04 Å². The van der Waals surface area contributed by atoms with E-state index in [1.165, 1.54) is 6.92 Å². The molecule has 2 rings (SSSR count). The van der Waals surface area contributed by atoms with Gasteiger partial charge in [-0.05, 0) is 43.4 Å². The molecule has 0 aromatic heterocycles. The molecule has 6 nitrogen and oxygen atoms in total. The lowest BCUT2D eigenvalue weighted by Crippen LogP contribution is -2.45. The number of likely N-dealkylation sites (tertiary alicyclic amines) is 1. The molecule has 4 N–H and O–H groups in total. The minimum Gasteiger partial charge on any atom is -0.391 e. The second-order valence-electron chi connectivity index (χ2n) is 5.02. The lowest BCUT2D eigenvalue weighted by Gasteiger charge is -2.25. The number of primary amides is 1. The van der Waals surface area contributed by atoms with Crippen molar-refractivity contribution in [2.75, 3.05) is 11.9 Å². The van der Waals surface area contributed by atoms with Crippen molar-refractivity contribution in [1.29, 1.82) is 0 Å². The summed E-state index contributed by atoms with van der Waals surface area (Å²) >= 11 is 5.26. The molecule has 1 aromatic carbocycles. The molecule has 112 valence electrons. The lowest BCUT2D eigenvalue weighted by atomic mass is 10.1. The molecule has 1 heterocycles. The number of carbonyl (C=O) groups excluding carboxylic acids is 2. The molecule has 0 spiro atoms. The fourth-order valence-corrected chi connectivity index (χ4v) is 2.61. The summed E-state index contributed by atoms with van der Waals surface area (Å²) in [6.45, 7) is 1.76. The molecule has 1 aromatic rings. The summed E-state index contributed by atoms with van der Waals surface area (Å²) in [5, 5.41) is 13.0. The van der Waals surface area contributed by atoms with Gasteiger partial charge in [-0.15, -0.1) is 0 Å². The van der Waals surface area contributed by atoms with Gasteiger partial charge < -0.3 is 21.1 Å². The van der Waals surface area contributed by atoms with E-state index >= 15 is 0 Å². The number of anilines is 1. The predicted molar refractivity (Wildman–Crippen MR) is 83.0 cm³/mol. The molecule has 0 aliphatic carbocycles. The summed E-state index contributed by atoms with van der Waals surface area (Å²) in [7, 11) is 0. The Balaban J connectivity index is 2.06. The van der Waals surface area contributed by atoms with Crippen molar-refractivity contribution in [3.8, 4) is 0 Å². The van der Waals surface area contributed by atoms with Gasteiger partial charge in [-0.3, -0.25) is 9.59 Å². The van der Waals surface area contributed by atoms with E-state index in [0.29, 0.717) is 16.4 Å². The monoisotopic (exact) mass is 307 g/mol. The summed E-state index contributed by atoms with van der Waals surface area (Å²) in [4.78, 5) is 24.2. The first kappa shape index (κ1) is 15.4. The number of hydrogen-bond donors (Lipinski definition) is 3. The number of β-amino-alcohol motifs (C(OH)–C–C–N with tert-alkyl or cyclic N) is 1. The quantitative estimate of drug-likeness (QED) is 0.556. The molecule has 1 aliphatic heterocycles. The number of nitrogens with one attached hydrogen (secondary N) is 1. The van der Waals surface area contributed by atoms with Crippen LogP contribution in [-0.4, -0.2) is 45.5 Å². The third kappa shape index (κ3) is 3.56. The molecule has 1 fully saturated rings. The number of nitrogens with two attached hydrogens (primary N) is 1. The maximum atomic E-state index is 11.4. The van der Waals surface area contributed by atoms with E-state index < -0.39 is 18.1 Å². The smallest absolute Gasteiger partial charge is 0.240 e. The van der Waals surface area contributed by atoms with E-state index in [2.05, 4.69) is 5.32 Å². The number of Topliss-reactive ketones (excluding diaryl/α,β-unsaturated/α-hetero) is 1. The van der Waals surface area contributed by atoms with Crippen LogP contribution in [0, 0.1) is 0 Å². The Morgan fingerprint density at radius 3 is 2.52 bits per heavy atom. The summed E-state index contributed by atoms with van der Waals surface area (Å²) in [5.41, 5.74) is 6.63. The third-order valence-electron chi connectivity index (χ3n) is 3.41. The first-order valence-electron chi connectivity index (χ1n) is 6.54. The van der Waals surface area contributed by atoms with Gasteiger partial charge in [0.25, 0.3) is 0 Å². The van der Waals surface area contributed by atoms with E-state index in [4.69, 9.17) is 18.0 Å². The third-order valence-corrected chi connectivity index (χ3v) is 3.75. The van der Waals surface area contributed by atoms with Crippen molar-refractivity contribution in [1.82, 2.24) is 4.90 Å². The molecule has 2 atom stereocenters. The Labute approximate surface area is 127 Å². The highest BCUT2D eigenvalue weighted by Gasteiger charge is 2.36. The molecule has 0 radical (unpaired) electrons. The molecule has 0 bridgehead atoms. The first-order chi connectivity index (χ1) is 9.88. The minimum absolute atomic E-state index is 0.0133. The Bertz CT molecular complexity index is 573. The molecule has 1 aliphatic rings. The van der Waals surface area contributed by atoms with E-state index in [-0.39, 0.29) is 18.7 Å². The zero-order valence-electron chi connectivity index (χ0n) is 11.6. The van der Waals surface area contributed by atoms with Gasteiger partial charge in [0, 0.05) is 24.2 Å². The highest BCUT2D eigenvalue weighted by molar-refractivity contribution is 7.80. The molecule has 0 unspecified atom stereocenters. The highest BCUT2D eigenvalue weighted by Crippen LogP contribution is 2.20. The topological polar surface area (TPSA) is 95.7 Å². The Hall–Kier alpha value is -1.99. The normalized spacial score (nSPS) is 21.1. The molecule has 0 saturated carbocycles. The zero-order valence-corrected chi connectivity index (χ0v) is 12.4. The molecule has 21 heavy (non-hydrogen) atoms. The standard InChI is InChI=1S/C14H17N3O3S/c1-8(18)9-2-4-10(5-3-9)16-14(21)17-7-11(19)6-12(17)13(15)20/h2-5,11-12,19H,6-7H2,1H3,(H2,15,20)(H,16,21)/t11-,12-/m1/s1. The van der Waals surface area contributed by atoms with Crippen molar-refractivity contribution >= 4 is 34.7 Å². The number of rotatable bonds is 3.